The first-order valence-corrected chi connectivity index (χ1v) is 9.37. The summed E-state index contributed by atoms with van der Waals surface area (Å²) >= 11 is 0. The Kier molecular flexibility index (Phi) is 5.87. The number of carbonyl (C=O) groups excluding carboxylic acids is 1. The number of carbonyl (C=O) groups is 1. The molecule has 2 heterocycles. The molecular weight excluding hydrogens is 312 g/mol. The van der Waals surface area contributed by atoms with Gasteiger partial charge in [0.15, 0.2) is 0 Å². The lowest BCUT2D eigenvalue weighted by molar-refractivity contribution is 0.0954. The van der Waals surface area contributed by atoms with Gasteiger partial charge in [-0.25, -0.2) is 4.98 Å². The highest BCUT2D eigenvalue weighted by molar-refractivity contribution is 6.09. The van der Waals surface area contributed by atoms with Gasteiger partial charge in [-0.1, -0.05) is 44.5 Å². The van der Waals surface area contributed by atoms with Crippen molar-refractivity contribution in [3.8, 4) is 0 Å². The van der Waals surface area contributed by atoms with Gasteiger partial charge in [0, 0.05) is 44.3 Å². The molecule has 0 aliphatic carbocycles. The van der Waals surface area contributed by atoms with Crippen molar-refractivity contribution in [2.75, 3.05) is 44.2 Å². The first-order chi connectivity index (χ1) is 12.2. The fourth-order valence-electron chi connectivity index (χ4n) is 3.36. The Hall–Kier alpha value is -2.14. The normalized spacial score (nSPS) is 15.5. The van der Waals surface area contributed by atoms with Crippen molar-refractivity contribution in [2.24, 2.45) is 0 Å². The Morgan fingerprint density at radius 1 is 1.12 bits per heavy atom. The second-order valence-corrected chi connectivity index (χ2v) is 6.57. The van der Waals surface area contributed by atoms with Crippen LogP contribution in [0.1, 0.15) is 37.0 Å². The Labute approximate surface area is 150 Å². The lowest BCUT2D eigenvalue weighted by Crippen LogP contribution is -2.46. The van der Waals surface area contributed by atoms with Gasteiger partial charge in [0.1, 0.15) is 5.82 Å². The average Bonchev–Trinajstić information content (AvgIpc) is 2.67. The zero-order valence-electron chi connectivity index (χ0n) is 15.3. The standard InChI is InChI=1S/C20H28N4O/c1-3-5-10-21-20(25)18-15-22-19(17-9-7-6-8-16(17)18)24-13-11-23(4-2)12-14-24/h6-9,15H,3-5,10-14H2,1-2H3,(H,21,25). The van der Waals surface area contributed by atoms with E-state index in [0.717, 1.165) is 62.2 Å². The van der Waals surface area contributed by atoms with E-state index in [-0.39, 0.29) is 5.91 Å². The molecule has 1 aliphatic rings. The molecule has 1 N–H and O–H groups in total. The molecule has 5 heteroatoms. The lowest BCUT2D eigenvalue weighted by Gasteiger charge is -2.35. The van der Waals surface area contributed by atoms with Crippen LogP contribution in [0.15, 0.2) is 30.5 Å². The largest absolute Gasteiger partial charge is 0.354 e. The van der Waals surface area contributed by atoms with Crippen LogP contribution in [0.5, 0.6) is 0 Å². The topological polar surface area (TPSA) is 48.5 Å². The molecule has 0 atom stereocenters. The van der Waals surface area contributed by atoms with Crippen LogP contribution in [0, 0.1) is 0 Å². The van der Waals surface area contributed by atoms with E-state index in [0.29, 0.717) is 12.1 Å². The molecule has 0 radical (unpaired) electrons. The van der Waals surface area contributed by atoms with E-state index in [2.05, 4.69) is 40.0 Å². The number of hydrogen-bond donors (Lipinski definition) is 1. The minimum Gasteiger partial charge on any atom is -0.354 e. The summed E-state index contributed by atoms with van der Waals surface area (Å²) in [5.74, 6) is 0.968. The molecule has 25 heavy (non-hydrogen) atoms. The smallest absolute Gasteiger partial charge is 0.253 e. The van der Waals surface area contributed by atoms with E-state index >= 15 is 0 Å². The summed E-state index contributed by atoms with van der Waals surface area (Å²) in [6.45, 7) is 10.2. The second-order valence-electron chi connectivity index (χ2n) is 6.57. The van der Waals surface area contributed by atoms with Gasteiger partial charge >= 0.3 is 0 Å². The van der Waals surface area contributed by atoms with Crippen LogP contribution in [-0.4, -0.2) is 55.1 Å². The van der Waals surface area contributed by atoms with Gasteiger partial charge in [0.05, 0.1) is 5.56 Å². The highest BCUT2D eigenvalue weighted by atomic mass is 16.1. The van der Waals surface area contributed by atoms with E-state index < -0.39 is 0 Å². The predicted octanol–water partition coefficient (Wildman–Crippen LogP) is 2.91. The van der Waals surface area contributed by atoms with Gasteiger partial charge in [-0.2, -0.15) is 0 Å². The number of hydrogen-bond acceptors (Lipinski definition) is 4. The lowest BCUT2D eigenvalue weighted by atomic mass is 10.1. The Balaban J connectivity index is 1.87. The number of anilines is 1. The minimum absolute atomic E-state index is 0.0282. The number of aromatic nitrogens is 1. The van der Waals surface area contributed by atoms with Crippen LogP contribution >= 0.6 is 0 Å². The predicted molar refractivity (Wildman–Crippen MR) is 103 cm³/mol. The van der Waals surface area contributed by atoms with Crippen molar-refractivity contribution in [2.45, 2.75) is 26.7 Å². The van der Waals surface area contributed by atoms with Crippen molar-refractivity contribution < 1.29 is 4.79 Å². The molecule has 0 bridgehead atoms. The van der Waals surface area contributed by atoms with Crippen LogP contribution in [0.3, 0.4) is 0 Å². The Morgan fingerprint density at radius 3 is 2.52 bits per heavy atom. The quantitative estimate of drug-likeness (QED) is 0.822. The van der Waals surface area contributed by atoms with Gasteiger partial charge in [-0.05, 0) is 18.4 Å². The number of rotatable bonds is 6. The van der Waals surface area contributed by atoms with Crippen molar-refractivity contribution in [1.29, 1.82) is 0 Å². The molecular formula is C20H28N4O. The fraction of sp³-hybridized carbons (Fsp3) is 0.500. The van der Waals surface area contributed by atoms with Crippen LogP contribution < -0.4 is 10.2 Å². The van der Waals surface area contributed by atoms with Crippen molar-refractivity contribution in [1.82, 2.24) is 15.2 Å². The highest BCUT2D eigenvalue weighted by Gasteiger charge is 2.20. The summed E-state index contributed by atoms with van der Waals surface area (Å²) in [5, 5.41) is 5.06. The third-order valence-electron chi connectivity index (χ3n) is 4.95. The molecule has 5 nitrogen and oxygen atoms in total. The number of fused-ring (bicyclic) bond motifs is 1. The molecule has 1 aliphatic heterocycles. The zero-order chi connectivity index (χ0) is 17.6. The number of nitrogens with zero attached hydrogens (tertiary/aromatic N) is 3. The first kappa shape index (κ1) is 17.7. The summed E-state index contributed by atoms with van der Waals surface area (Å²) in [4.78, 5) is 22.0. The van der Waals surface area contributed by atoms with Crippen LogP contribution in [0.4, 0.5) is 5.82 Å². The zero-order valence-corrected chi connectivity index (χ0v) is 15.3. The number of benzene rings is 1. The van der Waals surface area contributed by atoms with E-state index in [1.54, 1.807) is 6.20 Å². The van der Waals surface area contributed by atoms with Gasteiger partial charge in [0.25, 0.3) is 5.91 Å². The molecule has 1 aromatic heterocycles. The van der Waals surface area contributed by atoms with Crippen molar-refractivity contribution in [3.63, 3.8) is 0 Å². The summed E-state index contributed by atoms with van der Waals surface area (Å²) in [6.07, 6.45) is 3.81. The van der Waals surface area contributed by atoms with Gasteiger partial charge in [0.2, 0.25) is 0 Å². The molecule has 134 valence electrons. The third-order valence-corrected chi connectivity index (χ3v) is 4.95. The first-order valence-electron chi connectivity index (χ1n) is 9.37. The summed E-state index contributed by atoms with van der Waals surface area (Å²) in [5.41, 5.74) is 0.669. The van der Waals surface area contributed by atoms with Crippen LogP contribution in [-0.2, 0) is 0 Å². The Morgan fingerprint density at radius 2 is 1.84 bits per heavy atom. The number of likely N-dealkylation sites (N-methyl/N-ethyl adjacent to an activating group) is 1. The maximum Gasteiger partial charge on any atom is 0.253 e. The molecule has 3 rings (SSSR count). The molecule has 1 saturated heterocycles. The molecule has 1 aromatic carbocycles. The number of amides is 1. The van der Waals surface area contributed by atoms with E-state index in [1.807, 2.05) is 18.2 Å². The average molecular weight is 340 g/mol. The Bertz CT molecular complexity index is 723. The van der Waals surface area contributed by atoms with Crippen LogP contribution in [0.2, 0.25) is 0 Å². The molecule has 1 amide bonds. The maximum absolute atomic E-state index is 12.5. The van der Waals surface area contributed by atoms with Crippen LogP contribution in [0.25, 0.3) is 10.8 Å². The number of pyridine rings is 1. The molecule has 0 unspecified atom stereocenters. The summed E-state index contributed by atoms with van der Waals surface area (Å²) < 4.78 is 0. The van der Waals surface area contributed by atoms with Gasteiger partial charge in [-0.15, -0.1) is 0 Å². The number of unbranched alkanes of at least 4 members (excludes halogenated alkanes) is 1. The summed E-state index contributed by atoms with van der Waals surface area (Å²) in [6, 6.07) is 8.11. The number of nitrogens with one attached hydrogen (secondary N) is 1. The van der Waals surface area contributed by atoms with E-state index in [4.69, 9.17) is 0 Å². The van der Waals surface area contributed by atoms with Crippen molar-refractivity contribution in [3.05, 3.63) is 36.0 Å². The second kappa shape index (κ2) is 8.30. The molecule has 2 aromatic rings. The van der Waals surface area contributed by atoms with Gasteiger partial charge in [-0.3, -0.25) is 4.79 Å². The SMILES string of the molecule is CCCCNC(=O)c1cnc(N2CCN(CC)CC2)c2ccccc12. The maximum atomic E-state index is 12.5. The molecule has 1 fully saturated rings. The van der Waals surface area contributed by atoms with Crippen molar-refractivity contribution >= 4 is 22.5 Å². The monoisotopic (exact) mass is 340 g/mol. The third kappa shape index (κ3) is 3.93. The molecule has 0 spiro atoms. The fourth-order valence-corrected chi connectivity index (χ4v) is 3.36. The summed E-state index contributed by atoms with van der Waals surface area (Å²) in [7, 11) is 0. The highest BCUT2D eigenvalue weighted by Crippen LogP contribution is 2.28. The van der Waals surface area contributed by atoms with Gasteiger partial charge < -0.3 is 15.1 Å². The number of piperazine rings is 1. The molecule has 0 saturated carbocycles. The minimum atomic E-state index is -0.0282. The van der Waals surface area contributed by atoms with E-state index in [9.17, 15) is 4.79 Å². The van der Waals surface area contributed by atoms with E-state index in [1.165, 1.54) is 0 Å².